The minimum absolute atomic E-state index is 0.0737. The molecule has 7 rings (SSSR count). The largest absolute Gasteiger partial charge is 0.507 e. The minimum atomic E-state index is -3.04. The fourth-order valence-corrected chi connectivity index (χ4v) is 10.8. The van der Waals surface area contributed by atoms with Crippen LogP contribution in [0.1, 0.15) is 117 Å². The predicted molar refractivity (Wildman–Crippen MR) is 210 cm³/mol. The van der Waals surface area contributed by atoms with Crippen molar-refractivity contribution >= 4 is 46.3 Å². The van der Waals surface area contributed by atoms with E-state index in [9.17, 15) is 44.1 Å². The number of aromatic hydroxyl groups is 1. The van der Waals surface area contributed by atoms with Gasteiger partial charge < -0.3 is 15.3 Å². The van der Waals surface area contributed by atoms with E-state index >= 15 is 0 Å². The van der Waals surface area contributed by atoms with Crippen molar-refractivity contribution in [1.29, 1.82) is 0 Å². The number of benzene rings is 3. The van der Waals surface area contributed by atoms with Crippen molar-refractivity contribution in [3.63, 3.8) is 0 Å². The first-order valence-electron chi connectivity index (χ1n) is 19.6. The van der Waals surface area contributed by atoms with Crippen molar-refractivity contribution in [2.75, 3.05) is 0 Å². The van der Waals surface area contributed by atoms with E-state index < -0.39 is 86.8 Å². The van der Waals surface area contributed by atoms with Crippen LogP contribution < -0.4 is 0 Å². The number of allylic oxidation sites excluding steroid dienone is 1. The smallest absolute Gasteiger partial charge is 0.191 e. The Bertz CT molecular complexity index is 2280. The van der Waals surface area contributed by atoms with Crippen molar-refractivity contribution in [3.05, 3.63) is 99.1 Å². The minimum Gasteiger partial charge on any atom is -0.507 e. The van der Waals surface area contributed by atoms with E-state index in [1.807, 2.05) is 24.3 Å². The van der Waals surface area contributed by atoms with Gasteiger partial charge in [-0.2, -0.15) is 0 Å². The Labute approximate surface area is 327 Å². The lowest BCUT2D eigenvalue weighted by Gasteiger charge is -2.65. The summed E-state index contributed by atoms with van der Waals surface area (Å²) in [5, 5.41) is 36.3. The van der Waals surface area contributed by atoms with Crippen LogP contribution in [0.25, 0.3) is 11.6 Å². The molecule has 0 bridgehead atoms. The molecule has 9 nitrogen and oxygen atoms in total. The maximum absolute atomic E-state index is 14.7. The van der Waals surface area contributed by atoms with Crippen molar-refractivity contribution in [2.24, 2.45) is 34.5 Å². The molecule has 56 heavy (non-hydrogen) atoms. The number of phenolic OH excluding ortho intramolecular Hbond substituents is 1. The molecule has 9 heteroatoms. The van der Waals surface area contributed by atoms with E-state index in [-0.39, 0.29) is 29.8 Å². The third-order valence-electron chi connectivity index (χ3n) is 14.0. The van der Waals surface area contributed by atoms with Crippen molar-refractivity contribution in [3.8, 4) is 5.75 Å². The molecule has 3 N–H and O–H groups in total. The van der Waals surface area contributed by atoms with Crippen LogP contribution in [0.15, 0.2) is 54.6 Å². The van der Waals surface area contributed by atoms with Gasteiger partial charge in [0.05, 0.1) is 17.6 Å². The van der Waals surface area contributed by atoms with Gasteiger partial charge >= 0.3 is 0 Å². The predicted octanol–water partition coefficient (Wildman–Crippen LogP) is 6.20. The summed E-state index contributed by atoms with van der Waals surface area (Å²) in [6, 6.07) is 17.6. The molecule has 0 heterocycles. The maximum atomic E-state index is 14.7. The summed E-state index contributed by atoms with van der Waals surface area (Å²) in [4.78, 5) is 83.2. The summed E-state index contributed by atoms with van der Waals surface area (Å²) in [6.45, 7) is 13.3. The normalized spacial score (nSPS) is 30.9. The molecule has 0 radical (unpaired) electrons. The van der Waals surface area contributed by atoms with Gasteiger partial charge in [0.1, 0.15) is 23.2 Å². The van der Waals surface area contributed by atoms with E-state index in [4.69, 9.17) is 0 Å². The summed E-state index contributed by atoms with van der Waals surface area (Å²) in [7, 11) is 0. The second-order valence-electron chi connectivity index (χ2n) is 17.8. The van der Waals surface area contributed by atoms with E-state index in [1.165, 1.54) is 36.1 Å². The third kappa shape index (κ3) is 5.33. The van der Waals surface area contributed by atoms with Crippen LogP contribution in [-0.4, -0.2) is 61.7 Å². The van der Waals surface area contributed by atoms with Crippen LogP contribution in [0.3, 0.4) is 0 Å². The molecule has 0 amide bonds. The fourth-order valence-electron chi connectivity index (χ4n) is 10.8. The van der Waals surface area contributed by atoms with Gasteiger partial charge in [0.25, 0.3) is 0 Å². The quantitative estimate of drug-likeness (QED) is 0.227. The van der Waals surface area contributed by atoms with Gasteiger partial charge in [-0.15, -0.1) is 0 Å². The Morgan fingerprint density at radius 1 is 0.893 bits per heavy atom. The Hall–Kier alpha value is -4.86. The lowest BCUT2D eigenvalue weighted by Crippen LogP contribution is -2.81. The van der Waals surface area contributed by atoms with Crippen LogP contribution in [0.2, 0.25) is 0 Å². The number of hydrogen-bond acceptors (Lipinski definition) is 9. The highest BCUT2D eigenvalue weighted by molar-refractivity contribution is 6.33. The van der Waals surface area contributed by atoms with Crippen LogP contribution >= 0.6 is 0 Å². The van der Waals surface area contributed by atoms with Gasteiger partial charge in [-0.3, -0.25) is 28.8 Å². The molecular weight excluding hydrogens is 709 g/mol. The van der Waals surface area contributed by atoms with Gasteiger partial charge in [-0.25, -0.2) is 0 Å². The highest BCUT2D eigenvalue weighted by Crippen LogP contribution is 2.66. The summed E-state index contributed by atoms with van der Waals surface area (Å²) in [6.07, 6.45) is 1.15. The van der Waals surface area contributed by atoms with Crippen LogP contribution in [0, 0.1) is 34.5 Å². The molecular formula is C47H50O9. The zero-order valence-corrected chi connectivity index (χ0v) is 33.2. The Morgan fingerprint density at radius 3 is 2.16 bits per heavy atom. The SMILES string of the molecule is CC(=O)C1C(=O)C(C(C)C)[C@@]2(C)[C@H](O)[C@]3(C)C(C(=O)c4c(ccc(CC(=O)Cc5ccc(C6=Cc7ccc(C(C)C)cc7C6)cc5)c4O)[C@H]3C)C(=O)[C@@]2(O)C1=O. The lowest BCUT2D eigenvalue weighted by molar-refractivity contribution is -0.240. The molecule has 0 aromatic heterocycles. The van der Waals surface area contributed by atoms with Crippen LogP contribution in [-0.2, 0) is 43.2 Å². The highest BCUT2D eigenvalue weighted by atomic mass is 16.3. The molecule has 2 fully saturated rings. The molecule has 2 saturated carbocycles. The van der Waals surface area contributed by atoms with Gasteiger partial charge in [0.15, 0.2) is 28.7 Å². The van der Waals surface area contributed by atoms with Crippen LogP contribution in [0.5, 0.6) is 5.75 Å². The maximum Gasteiger partial charge on any atom is 0.191 e. The van der Waals surface area contributed by atoms with Gasteiger partial charge in [-0.05, 0) is 70.1 Å². The van der Waals surface area contributed by atoms with Crippen LogP contribution in [0.4, 0.5) is 0 Å². The van der Waals surface area contributed by atoms with E-state index in [0.29, 0.717) is 11.5 Å². The number of ketones is 6. The number of rotatable bonds is 8. The molecule has 0 saturated heterocycles. The van der Waals surface area contributed by atoms with E-state index in [0.717, 1.165) is 24.5 Å². The second kappa shape index (κ2) is 13.4. The molecule has 4 aliphatic rings. The number of Topliss-reactive ketones (excluding diaryl/α,β-unsaturated/α-hetero) is 6. The summed E-state index contributed by atoms with van der Waals surface area (Å²) in [5.41, 5.74) is 0.430. The average Bonchev–Trinajstić information content (AvgIpc) is 3.56. The molecule has 3 unspecified atom stereocenters. The number of hydrogen-bond donors (Lipinski definition) is 3. The molecule has 3 aromatic rings. The van der Waals surface area contributed by atoms with Gasteiger partial charge in [0.2, 0.25) is 0 Å². The summed E-state index contributed by atoms with van der Waals surface area (Å²) >= 11 is 0. The summed E-state index contributed by atoms with van der Waals surface area (Å²) in [5.74, 6) is -11.7. The first-order valence-corrected chi connectivity index (χ1v) is 19.6. The Kier molecular flexibility index (Phi) is 9.41. The van der Waals surface area contributed by atoms with Crippen molar-refractivity contribution in [1.82, 2.24) is 0 Å². The first kappa shape index (κ1) is 39.4. The second-order valence-corrected chi connectivity index (χ2v) is 17.8. The van der Waals surface area contributed by atoms with Gasteiger partial charge in [0, 0.05) is 35.2 Å². The van der Waals surface area contributed by atoms with E-state index in [2.05, 4.69) is 38.1 Å². The van der Waals surface area contributed by atoms with E-state index in [1.54, 1.807) is 32.9 Å². The Morgan fingerprint density at radius 2 is 1.55 bits per heavy atom. The first-order chi connectivity index (χ1) is 26.2. The molecule has 0 spiro atoms. The molecule has 292 valence electrons. The summed E-state index contributed by atoms with van der Waals surface area (Å²) < 4.78 is 0. The molecule has 0 aliphatic heterocycles. The number of aliphatic hydroxyl groups is 2. The number of carbonyl (C=O) groups is 6. The zero-order chi connectivity index (χ0) is 41.0. The number of aliphatic hydroxyl groups excluding tert-OH is 1. The number of carbonyl (C=O) groups excluding carboxylic acids is 6. The zero-order valence-electron chi connectivity index (χ0n) is 33.2. The topological polar surface area (TPSA) is 163 Å². The highest BCUT2D eigenvalue weighted by Gasteiger charge is 2.80. The van der Waals surface area contributed by atoms with Crippen molar-refractivity contribution < 1.29 is 44.1 Å². The number of fused-ring (bicyclic) bond motifs is 4. The monoisotopic (exact) mass is 758 g/mol. The molecule has 3 aromatic carbocycles. The Balaban J connectivity index is 1.16. The molecule has 8 atom stereocenters. The molecule has 4 aliphatic carbocycles. The lowest BCUT2D eigenvalue weighted by atomic mass is 9.37. The average molecular weight is 759 g/mol. The standard InChI is InChI=1S/C47H50O9/c1-22(2)28-13-14-29-19-31(20-32(29)18-28)27-11-9-26(10-12-27)17-33(49)21-30-15-16-34-24(5)45(7)38(41(52)36(34)39(30)50)43(54)47(56)42(53)35(25(6)48)40(51)37(23(3)4)46(47,8)44(45)55/h9-16,18-19,22-24,35,37-38,44,50,55-56H,17,20-21H2,1-8H3/t24-,35?,37?,38?,44-,45+,46+,47+/m1/s1. The van der Waals surface area contributed by atoms with Gasteiger partial charge in [-0.1, -0.05) is 109 Å². The fraction of sp³-hybridized carbons (Fsp3) is 0.447. The van der Waals surface area contributed by atoms with Crippen molar-refractivity contribution in [2.45, 2.75) is 98.2 Å². The third-order valence-corrected chi connectivity index (χ3v) is 14.0. The number of phenols is 1.